The molecule has 146 valence electrons. The highest BCUT2D eigenvalue weighted by Gasteiger charge is 2.31. The number of benzene rings is 1. The van der Waals surface area contributed by atoms with Crippen LogP contribution in [0, 0.1) is 18.3 Å². The van der Waals surface area contributed by atoms with E-state index in [9.17, 15) is 9.59 Å². The molecule has 0 saturated heterocycles. The predicted octanol–water partition coefficient (Wildman–Crippen LogP) is 4.80. The standard InChI is InChI=1S/C23H26N2O2S/c1-14-5-7-15(8-6-14)18(26)12-25-13-24-21-20(22(25)27)17-10-9-16(23(2,3)4)11-19(17)28-21/h5-8,13,16H,9-12H2,1-4H3/t16-/m0/s1. The van der Waals surface area contributed by atoms with Crippen molar-refractivity contribution in [1.82, 2.24) is 9.55 Å². The van der Waals surface area contributed by atoms with Crippen molar-refractivity contribution in [3.05, 3.63) is 62.5 Å². The Kier molecular flexibility index (Phi) is 4.74. The van der Waals surface area contributed by atoms with Crippen LogP contribution in [0.25, 0.3) is 10.2 Å². The number of thiophene rings is 1. The first kappa shape index (κ1) is 19.1. The molecule has 0 unspecified atom stereocenters. The molecule has 0 radical (unpaired) electrons. The van der Waals surface area contributed by atoms with Crippen molar-refractivity contribution in [2.24, 2.45) is 11.3 Å². The van der Waals surface area contributed by atoms with E-state index in [4.69, 9.17) is 0 Å². The lowest BCUT2D eigenvalue weighted by atomic mass is 9.72. The van der Waals surface area contributed by atoms with Gasteiger partial charge in [-0.3, -0.25) is 14.2 Å². The van der Waals surface area contributed by atoms with Crippen molar-refractivity contribution in [1.29, 1.82) is 0 Å². The van der Waals surface area contributed by atoms with Gasteiger partial charge in [-0.15, -0.1) is 11.3 Å². The highest BCUT2D eigenvalue weighted by molar-refractivity contribution is 7.18. The van der Waals surface area contributed by atoms with E-state index in [2.05, 4.69) is 25.8 Å². The van der Waals surface area contributed by atoms with Crippen LogP contribution in [-0.2, 0) is 19.4 Å². The van der Waals surface area contributed by atoms with Gasteiger partial charge < -0.3 is 0 Å². The Balaban J connectivity index is 1.67. The van der Waals surface area contributed by atoms with Crippen LogP contribution in [0.4, 0.5) is 0 Å². The summed E-state index contributed by atoms with van der Waals surface area (Å²) in [6.45, 7) is 8.88. The van der Waals surface area contributed by atoms with E-state index in [1.165, 1.54) is 15.8 Å². The second kappa shape index (κ2) is 6.96. The van der Waals surface area contributed by atoms with E-state index < -0.39 is 0 Å². The number of carbonyl (C=O) groups excluding carboxylic acids is 1. The number of aryl methyl sites for hydroxylation is 2. The number of nitrogens with zero attached hydrogens (tertiary/aromatic N) is 2. The molecule has 0 spiro atoms. The fraction of sp³-hybridized carbons (Fsp3) is 0.435. The molecule has 1 aliphatic rings. The van der Waals surface area contributed by atoms with Gasteiger partial charge in [-0.05, 0) is 43.1 Å². The highest BCUT2D eigenvalue weighted by atomic mass is 32.1. The summed E-state index contributed by atoms with van der Waals surface area (Å²) in [7, 11) is 0. The number of hydrogen-bond acceptors (Lipinski definition) is 4. The average molecular weight is 395 g/mol. The van der Waals surface area contributed by atoms with Gasteiger partial charge in [0.15, 0.2) is 5.78 Å². The lowest BCUT2D eigenvalue weighted by Gasteiger charge is -2.33. The molecule has 0 saturated carbocycles. The summed E-state index contributed by atoms with van der Waals surface area (Å²) in [6, 6.07) is 7.46. The second-order valence-electron chi connectivity index (χ2n) is 8.96. The number of ketones is 1. The molecule has 0 N–H and O–H groups in total. The van der Waals surface area contributed by atoms with Crippen molar-refractivity contribution in [2.45, 2.75) is 53.5 Å². The summed E-state index contributed by atoms with van der Waals surface area (Å²) in [6.07, 6.45) is 4.56. The Bertz CT molecular complexity index is 1100. The first-order valence-electron chi connectivity index (χ1n) is 9.83. The largest absolute Gasteiger partial charge is 0.292 e. The molecule has 28 heavy (non-hydrogen) atoms. The molecule has 2 aromatic heterocycles. The van der Waals surface area contributed by atoms with E-state index >= 15 is 0 Å². The van der Waals surface area contributed by atoms with Crippen LogP contribution in [0.15, 0.2) is 35.4 Å². The topological polar surface area (TPSA) is 52.0 Å². The van der Waals surface area contributed by atoms with Gasteiger partial charge in [0.2, 0.25) is 0 Å². The zero-order valence-electron chi connectivity index (χ0n) is 16.9. The number of carbonyl (C=O) groups is 1. The monoisotopic (exact) mass is 394 g/mol. The van der Waals surface area contributed by atoms with Crippen LogP contribution in [0.1, 0.15) is 53.6 Å². The van der Waals surface area contributed by atoms with Crippen LogP contribution in [0.2, 0.25) is 0 Å². The minimum absolute atomic E-state index is 0.0278. The third-order valence-electron chi connectivity index (χ3n) is 5.95. The Morgan fingerprint density at radius 1 is 1.25 bits per heavy atom. The average Bonchev–Trinajstić information content (AvgIpc) is 3.02. The molecule has 5 heteroatoms. The second-order valence-corrected chi connectivity index (χ2v) is 10.0. The third kappa shape index (κ3) is 3.44. The van der Waals surface area contributed by atoms with Crippen LogP contribution >= 0.6 is 11.3 Å². The lowest BCUT2D eigenvalue weighted by molar-refractivity contribution is 0.0970. The van der Waals surface area contributed by atoms with Crippen LogP contribution in [0.5, 0.6) is 0 Å². The van der Waals surface area contributed by atoms with Gasteiger partial charge in [0.05, 0.1) is 18.3 Å². The normalized spacial score (nSPS) is 16.9. The lowest BCUT2D eigenvalue weighted by Crippen LogP contribution is -2.27. The number of hydrogen-bond donors (Lipinski definition) is 0. The summed E-state index contributed by atoms with van der Waals surface area (Å²) >= 11 is 1.65. The smallest absolute Gasteiger partial charge is 0.262 e. The molecule has 4 nitrogen and oxygen atoms in total. The molecule has 3 aromatic rings. The summed E-state index contributed by atoms with van der Waals surface area (Å²) in [5.41, 5.74) is 3.07. The molecule has 1 atom stereocenters. The SMILES string of the molecule is Cc1ccc(C(=O)Cn2cnc3sc4c(c3c2=O)CC[C@H](C(C)(C)C)C4)cc1. The van der Waals surface area contributed by atoms with E-state index in [1.807, 2.05) is 31.2 Å². The zero-order chi connectivity index (χ0) is 20.1. The fourth-order valence-electron chi connectivity index (χ4n) is 4.04. The Hall–Kier alpha value is -2.27. The van der Waals surface area contributed by atoms with E-state index in [-0.39, 0.29) is 23.3 Å². The fourth-order valence-corrected chi connectivity index (χ4v) is 5.30. The van der Waals surface area contributed by atoms with Gasteiger partial charge in [0.1, 0.15) is 4.83 Å². The van der Waals surface area contributed by atoms with E-state index in [0.29, 0.717) is 11.5 Å². The first-order valence-corrected chi connectivity index (χ1v) is 10.7. The van der Waals surface area contributed by atoms with Crippen molar-refractivity contribution in [3.63, 3.8) is 0 Å². The molecule has 0 fully saturated rings. The van der Waals surface area contributed by atoms with Gasteiger partial charge in [-0.2, -0.15) is 0 Å². The Morgan fingerprint density at radius 2 is 1.96 bits per heavy atom. The van der Waals surface area contributed by atoms with Gasteiger partial charge in [0.25, 0.3) is 5.56 Å². The quantitative estimate of drug-likeness (QED) is 0.600. The molecule has 0 aliphatic heterocycles. The molecule has 4 rings (SSSR count). The molecule has 0 bridgehead atoms. The number of rotatable bonds is 3. The van der Waals surface area contributed by atoms with E-state index in [1.54, 1.807) is 11.3 Å². The van der Waals surface area contributed by atoms with Crippen molar-refractivity contribution in [3.8, 4) is 0 Å². The number of aromatic nitrogens is 2. The summed E-state index contributed by atoms with van der Waals surface area (Å²) in [5, 5.41) is 0.728. The van der Waals surface area contributed by atoms with Gasteiger partial charge in [-0.25, -0.2) is 4.98 Å². The van der Waals surface area contributed by atoms with Crippen molar-refractivity contribution in [2.75, 3.05) is 0 Å². The zero-order valence-corrected chi connectivity index (χ0v) is 17.7. The Morgan fingerprint density at radius 3 is 2.64 bits per heavy atom. The maximum Gasteiger partial charge on any atom is 0.262 e. The predicted molar refractivity (Wildman–Crippen MR) is 114 cm³/mol. The highest BCUT2D eigenvalue weighted by Crippen LogP contribution is 2.41. The van der Waals surface area contributed by atoms with Crippen LogP contribution in [-0.4, -0.2) is 15.3 Å². The molecular weight excluding hydrogens is 368 g/mol. The summed E-state index contributed by atoms with van der Waals surface area (Å²) in [5.74, 6) is 0.554. The molecule has 2 heterocycles. The first-order chi connectivity index (χ1) is 13.2. The minimum atomic E-state index is -0.0860. The maximum atomic E-state index is 13.1. The van der Waals surface area contributed by atoms with Crippen molar-refractivity contribution >= 4 is 27.3 Å². The number of fused-ring (bicyclic) bond motifs is 3. The maximum absolute atomic E-state index is 13.1. The molecule has 1 aliphatic carbocycles. The van der Waals surface area contributed by atoms with E-state index in [0.717, 1.165) is 40.6 Å². The summed E-state index contributed by atoms with van der Waals surface area (Å²) < 4.78 is 1.47. The number of Topliss-reactive ketones (excluding diaryl/α,β-unsaturated/α-hetero) is 1. The minimum Gasteiger partial charge on any atom is -0.292 e. The third-order valence-corrected chi connectivity index (χ3v) is 7.11. The van der Waals surface area contributed by atoms with Crippen molar-refractivity contribution < 1.29 is 4.79 Å². The van der Waals surface area contributed by atoms with Gasteiger partial charge >= 0.3 is 0 Å². The summed E-state index contributed by atoms with van der Waals surface area (Å²) in [4.78, 5) is 32.4. The van der Waals surface area contributed by atoms with Gasteiger partial charge in [-0.1, -0.05) is 50.6 Å². The van der Waals surface area contributed by atoms with Crippen LogP contribution in [0.3, 0.4) is 0 Å². The molecular formula is C23H26N2O2S. The van der Waals surface area contributed by atoms with Gasteiger partial charge in [0, 0.05) is 10.4 Å². The molecule has 0 amide bonds. The molecule has 1 aromatic carbocycles. The Labute approximate surface area is 169 Å². The van der Waals surface area contributed by atoms with Crippen LogP contribution < -0.4 is 5.56 Å².